The summed E-state index contributed by atoms with van der Waals surface area (Å²) < 4.78 is 9.40. The van der Waals surface area contributed by atoms with Gasteiger partial charge in [0, 0.05) is 11.0 Å². The van der Waals surface area contributed by atoms with E-state index in [4.69, 9.17) is 4.74 Å². The Morgan fingerprint density at radius 2 is 2.24 bits per heavy atom. The molecule has 0 atom stereocenters. The molecule has 0 aliphatic rings. The van der Waals surface area contributed by atoms with Gasteiger partial charge in [-0.3, -0.25) is 10.1 Å². The SMILES string of the molecule is COC(=O)COc1ccc(SC)cc1[N+](=O)[O-]. The lowest BCUT2D eigenvalue weighted by molar-refractivity contribution is -0.386. The Kier molecular flexibility index (Phi) is 4.77. The van der Waals surface area contributed by atoms with Crippen molar-refractivity contribution in [2.45, 2.75) is 4.90 Å². The molecule has 0 N–H and O–H groups in total. The second-order valence-electron chi connectivity index (χ2n) is 2.96. The molecule has 0 unspecified atom stereocenters. The second-order valence-corrected chi connectivity index (χ2v) is 3.84. The molecule has 0 aliphatic carbocycles. The van der Waals surface area contributed by atoms with Gasteiger partial charge in [-0.25, -0.2) is 4.79 Å². The number of methoxy groups -OCH3 is 1. The normalized spacial score (nSPS) is 9.76. The molecule has 0 radical (unpaired) electrons. The number of thioether (sulfide) groups is 1. The quantitative estimate of drug-likeness (QED) is 0.347. The average molecular weight is 257 g/mol. The maximum atomic E-state index is 10.9. The van der Waals surface area contributed by atoms with E-state index in [1.807, 2.05) is 6.26 Å². The van der Waals surface area contributed by atoms with Crippen LogP contribution >= 0.6 is 11.8 Å². The van der Waals surface area contributed by atoms with Crippen molar-refractivity contribution in [2.75, 3.05) is 20.0 Å². The minimum absolute atomic E-state index is 0.0539. The Morgan fingerprint density at radius 3 is 2.76 bits per heavy atom. The zero-order chi connectivity index (χ0) is 12.8. The molecule has 1 aromatic rings. The van der Waals surface area contributed by atoms with Crippen molar-refractivity contribution in [1.29, 1.82) is 0 Å². The van der Waals surface area contributed by atoms with Gasteiger partial charge in [0.1, 0.15) is 0 Å². The lowest BCUT2D eigenvalue weighted by atomic mass is 10.3. The van der Waals surface area contributed by atoms with Crippen LogP contribution in [0.25, 0.3) is 0 Å². The fourth-order valence-corrected chi connectivity index (χ4v) is 1.52. The van der Waals surface area contributed by atoms with Crippen LogP contribution in [0.5, 0.6) is 5.75 Å². The van der Waals surface area contributed by atoms with E-state index in [0.29, 0.717) is 0 Å². The molecule has 7 heteroatoms. The molecule has 0 spiro atoms. The summed E-state index contributed by atoms with van der Waals surface area (Å²) in [7, 11) is 1.22. The van der Waals surface area contributed by atoms with Gasteiger partial charge in [-0.05, 0) is 18.4 Å². The summed E-state index contributed by atoms with van der Waals surface area (Å²) in [5.41, 5.74) is -0.166. The van der Waals surface area contributed by atoms with Crippen LogP contribution in [-0.2, 0) is 9.53 Å². The molecule has 0 heterocycles. The Morgan fingerprint density at radius 1 is 1.53 bits per heavy atom. The van der Waals surface area contributed by atoms with Crippen LogP contribution in [0.4, 0.5) is 5.69 Å². The molecule has 1 aromatic carbocycles. The van der Waals surface area contributed by atoms with Crippen LogP contribution in [0.1, 0.15) is 0 Å². The summed E-state index contributed by atoms with van der Waals surface area (Å²) in [6, 6.07) is 4.55. The van der Waals surface area contributed by atoms with Gasteiger partial charge in [0.25, 0.3) is 0 Å². The zero-order valence-electron chi connectivity index (χ0n) is 9.34. The van der Waals surface area contributed by atoms with E-state index in [1.165, 1.54) is 31.0 Å². The minimum atomic E-state index is -0.590. The van der Waals surface area contributed by atoms with Crippen LogP contribution in [0.2, 0.25) is 0 Å². The monoisotopic (exact) mass is 257 g/mol. The Bertz CT molecular complexity index is 435. The van der Waals surface area contributed by atoms with E-state index in [0.717, 1.165) is 4.90 Å². The van der Waals surface area contributed by atoms with Crippen molar-refractivity contribution in [3.05, 3.63) is 28.3 Å². The average Bonchev–Trinajstić information content (AvgIpc) is 2.35. The maximum Gasteiger partial charge on any atom is 0.343 e. The van der Waals surface area contributed by atoms with Gasteiger partial charge in [-0.2, -0.15) is 0 Å². The van der Waals surface area contributed by atoms with E-state index in [-0.39, 0.29) is 18.0 Å². The molecule has 0 saturated carbocycles. The first kappa shape index (κ1) is 13.3. The van der Waals surface area contributed by atoms with Gasteiger partial charge >= 0.3 is 11.7 Å². The molecule has 0 aliphatic heterocycles. The molecular weight excluding hydrogens is 246 g/mol. The molecule has 1 rings (SSSR count). The van der Waals surface area contributed by atoms with Gasteiger partial charge in [-0.15, -0.1) is 11.8 Å². The lowest BCUT2D eigenvalue weighted by Gasteiger charge is -2.06. The predicted octanol–water partition coefficient (Wildman–Crippen LogP) is 1.87. The van der Waals surface area contributed by atoms with Gasteiger partial charge in [0.2, 0.25) is 0 Å². The highest BCUT2D eigenvalue weighted by Crippen LogP contribution is 2.31. The Labute approximate surface area is 102 Å². The van der Waals surface area contributed by atoms with Crippen LogP contribution in [-0.4, -0.2) is 30.9 Å². The highest BCUT2D eigenvalue weighted by atomic mass is 32.2. The minimum Gasteiger partial charge on any atom is -0.475 e. The highest BCUT2D eigenvalue weighted by molar-refractivity contribution is 7.98. The van der Waals surface area contributed by atoms with E-state index < -0.39 is 10.9 Å². The molecule has 92 valence electrons. The second kappa shape index (κ2) is 6.09. The Hall–Kier alpha value is -1.76. The third-order valence-corrected chi connectivity index (χ3v) is 2.66. The van der Waals surface area contributed by atoms with Gasteiger partial charge in [0.05, 0.1) is 12.0 Å². The van der Waals surface area contributed by atoms with Crippen molar-refractivity contribution in [2.24, 2.45) is 0 Å². The third-order valence-electron chi connectivity index (χ3n) is 1.94. The van der Waals surface area contributed by atoms with Gasteiger partial charge in [-0.1, -0.05) is 0 Å². The third kappa shape index (κ3) is 3.63. The number of hydrogen-bond acceptors (Lipinski definition) is 6. The van der Waals surface area contributed by atoms with Crippen LogP contribution in [0.15, 0.2) is 23.1 Å². The number of carbonyl (C=O) groups excluding carboxylic acids is 1. The van der Waals surface area contributed by atoms with Crippen molar-refractivity contribution in [1.82, 2.24) is 0 Å². The molecule has 0 bridgehead atoms. The van der Waals surface area contributed by atoms with Gasteiger partial charge < -0.3 is 9.47 Å². The number of hydrogen-bond donors (Lipinski definition) is 0. The number of rotatable bonds is 5. The summed E-state index contributed by atoms with van der Waals surface area (Å²) in [5.74, 6) is -0.536. The van der Waals surface area contributed by atoms with E-state index in [9.17, 15) is 14.9 Å². The summed E-state index contributed by atoms with van der Waals surface area (Å²) in [5, 5.41) is 10.8. The van der Waals surface area contributed by atoms with Gasteiger partial charge in [0.15, 0.2) is 12.4 Å². The van der Waals surface area contributed by atoms with Crippen molar-refractivity contribution in [3.63, 3.8) is 0 Å². The topological polar surface area (TPSA) is 78.7 Å². The summed E-state index contributed by atoms with van der Waals surface area (Å²) in [6.07, 6.45) is 1.81. The molecule has 0 aromatic heterocycles. The fourth-order valence-electron chi connectivity index (χ4n) is 1.08. The summed E-state index contributed by atoms with van der Waals surface area (Å²) in [4.78, 5) is 21.9. The highest BCUT2D eigenvalue weighted by Gasteiger charge is 2.17. The molecule has 0 fully saturated rings. The fraction of sp³-hybridized carbons (Fsp3) is 0.300. The number of esters is 1. The van der Waals surface area contributed by atoms with Crippen LogP contribution in [0, 0.1) is 10.1 Å². The summed E-state index contributed by atoms with van der Waals surface area (Å²) in [6.45, 7) is -0.351. The number of ether oxygens (including phenoxy) is 2. The number of nitro benzene ring substituents is 1. The standard InChI is InChI=1S/C10H11NO5S/c1-15-10(12)6-16-9-4-3-7(17-2)5-8(9)11(13)14/h3-5H,6H2,1-2H3. The number of nitro groups is 1. The largest absolute Gasteiger partial charge is 0.475 e. The summed E-state index contributed by atoms with van der Waals surface area (Å²) >= 11 is 1.39. The number of nitrogens with zero attached hydrogens (tertiary/aromatic N) is 1. The lowest BCUT2D eigenvalue weighted by Crippen LogP contribution is -2.13. The van der Waals surface area contributed by atoms with Crippen LogP contribution < -0.4 is 4.74 Å². The van der Waals surface area contributed by atoms with E-state index >= 15 is 0 Å². The van der Waals surface area contributed by atoms with E-state index in [2.05, 4.69) is 4.74 Å². The van der Waals surface area contributed by atoms with E-state index in [1.54, 1.807) is 6.07 Å². The first-order valence-corrected chi connectivity index (χ1v) is 5.83. The van der Waals surface area contributed by atoms with Crippen molar-refractivity contribution < 1.29 is 19.2 Å². The molecule has 0 amide bonds. The molecule has 0 saturated heterocycles. The number of benzene rings is 1. The molecular formula is C10H11NO5S. The van der Waals surface area contributed by atoms with Crippen molar-refractivity contribution in [3.8, 4) is 5.75 Å². The first-order valence-electron chi connectivity index (χ1n) is 4.60. The molecule has 6 nitrogen and oxygen atoms in total. The Balaban J connectivity index is 2.90. The zero-order valence-corrected chi connectivity index (χ0v) is 10.2. The smallest absolute Gasteiger partial charge is 0.343 e. The van der Waals surface area contributed by atoms with Crippen molar-refractivity contribution >= 4 is 23.4 Å². The van der Waals surface area contributed by atoms with Crippen LogP contribution in [0.3, 0.4) is 0 Å². The molecule has 17 heavy (non-hydrogen) atoms. The number of carbonyl (C=O) groups is 1. The predicted molar refractivity (Wildman–Crippen MR) is 62.4 cm³/mol. The first-order chi connectivity index (χ1) is 8.08. The maximum absolute atomic E-state index is 10.9.